The first-order valence-corrected chi connectivity index (χ1v) is 7.82. The molecule has 0 amide bonds. The molecule has 0 aromatic heterocycles. The Balaban J connectivity index is 1.77. The van der Waals surface area contributed by atoms with Gasteiger partial charge in [-0.05, 0) is 49.1 Å². The van der Waals surface area contributed by atoms with E-state index in [1.807, 2.05) is 54.6 Å². The monoisotopic (exact) mass is 307 g/mol. The smallest absolute Gasteiger partial charge is 0.119 e. The summed E-state index contributed by atoms with van der Waals surface area (Å²) in [5, 5.41) is 12.7. The Morgan fingerprint density at radius 2 is 1.91 bits per heavy atom. The number of rotatable bonds is 9. The molecule has 4 heteroatoms. The Kier molecular flexibility index (Phi) is 7.21. The maximum absolute atomic E-state index is 8.48. The molecule has 0 aliphatic heterocycles. The van der Waals surface area contributed by atoms with Gasteiger partial charge in [-0.2, -0.15) is 10.4 Å². The van der Waals surface area contributed by atoms with Crippen LogP contribution in [0.4, 0.5) is 5.69 Å². The van der Waals surface area contributed by atoms with Crippen LogP contribution >= 0.6 is 0 Å². The molecule has 0 aliphatic carbocycles. The molecule has 1 N–H and O–H groups in total. The average molecular weight is 307 g/mol. The summed E-state index contributed by atoms with van der Waals surface area (Å²) in [6.07, 6.45) is 5.33. The number of nitriles is 1. The van der Waals surface area contributed by atoms with E-state index in [0.29, 0.717) is 13.0 Å². The van der Waals surface area contributed by atoms with Crippen molar-refractivity contribution in [1.29, 1.82) is 5.26 Å². The first kappa shape index (κ1) is 16.6. The topological polar surface area (TPSA) is 57.4 Å². The number of anilines is 1. The largest absolute Gasteiger partial charge is 0.494 e. The molecule has 2 aromatic carbocycles. The molecule has 0 atom stereocenters. The molecule has 0 radical (unpaired) electrons. The van der Waals surface area contributed by atoms with Gasteiger partial charge in [0.2, 0.25) is 0 Å². The summed E-state index contributed by atoms with van der Waals surface area (Å²) < 4.78 is 5.73. The lowest BCUT2D eigenvalue weighted by Gasteiger charge is -2.06. The zero-order chi connectivity index (χ0) is 16.2. The quantitative estimate of drug-likeness (QED) is 0.418. The van der Waals surface area contributed by atoms with Crippen LogP contribution in [0.15, 0.2) is 59.7 Å². The van der Waals surface area contributed by atoms with Crippen LogP contribution in [-0.4, -0.2) is 12.8 Å². The lowest BCUT2D eigenvalue weighted by Crippen LogP contribution is -1.98. The Labute approximate surface area is 137 Å². The summed E-state index contributed by atoms with van der Waals surface area (Å²) in [5.41, 5.74) is 4.92. The minimum Gasteiger partial charge on any atom is -0.494 e. The van der Waals surface area contributed by atoms with Gasteiger partial charge >= 0.3 is 0 Å². The molecule has 2 rings (SSSR count). The second-order valence-electron chi connectivity index (χ2n) is 5.13. The molecule has 0 bridgehead atoms. The van der Waals surface area contributed by atoms with Gasteiger partial charge in [0, 0.05) is 6.42 Å². The Hall–Kier alpha value is -2.80. The summed E-state index contributed by atoms with van der Waals surface area (Å²) >= 11 is 0. The van der Waals surface area contributed by atoms with Gasteiger partial charge in [0.25, 0.3) is 0 Å². The lowest BCUT2D eigenvalue weighted by molar-refractivity contribution is 0.305. The molecule has 4 nitrogen and oxygen atoms in total. The molecule has 0 spiro atoms. The van der Waals surface area contributed by atoms with E-state index in [4.69, 9.17) is 10.00 Å². The molecule has 0 unspecified atom stereocenters. The molecule has 0 fully saturated rings. The van der Waals surface area contributed by atoms with Crippen molar-refractivity contribution in [1.82, 2.24) is 0 Å². The minimum atomic E-state index is 0.625. The first-order valence-electron chi connectivity index (χ1n) is 7.82. The number of hydrogen-bond acceptors (Lipinski definition) is 4. The number of nitrogens with zero attached hydrogens (tertiary/aromatic N) is 2. The van der Waals surface area contributed by atoms with Crippen LogP contribution in [0.25, 0.3) is 0 Å². The number of ether oxygens (including phenoxy) is 1. The molecule has 0 saturated heterocycles. The van der Waals surface area contributed by atoms with Gasteiger partial charge in [-0.3, -0.25) is 5.43 Å². The molecule has 0 heterocycles. The van der Waals surface area contributed by atoms with Gasteiger partial charge in [0.15, 0.2) is 0 Å². The minimum absolute atomic E-state index is 0.625. The van der Waals surface area contributed by atoms with Gasteiger partial charge in [-0.25, -0.2) is 0 Å². The van der Waals surface area contributed by atoms with Crippen LogP contribution in [0.1, 0.15) is 31.2 Å². The third-order valence-electron chi connectivity index (χ3n) is 3.24. The second kappa shape index (κ2) is 10.0. The first-order chi connectivity index (χ1) is 11.4. The van der Waals surface area contributed by atoms with Gasteiger partial charge in [0.05, 0.1) is 24.6 Å². The van der Waals surface area contributed by atoms with Gasteiger partial charge < -0.3 is 4.74 Å². The molecule has 0 saturated carbocycles. The average Bonchev–Trinajstić information content (AvgIpc) is 2.59. The standard InChI is InChI=1S/C19H21N3O/c20-13-6-1-2-7-14-23-19-12-8-9-17(15-19)16-21-22-18-10-4-3-5-11-18/h3-5,8-12,15-16,22H,1-2,6-7,14H2. The molecule has 0 aliphatic rings. The maximum Gasteiger partial charge on any atom is 0.119 e. The van der Waals surface area contributed by atoms with Crippen LogP contribution < -0.4 is 10.2 Å². The van der Waals surface area contributed by atoms with E-state index < -0.39 is 0 Å². The van der Waals surface area contributed by atoms with Crippen molar-refractivity contribution in [2.45, 2.75) is 25.7 Å². The Bertz CT molecular complexity index is 647. The number of benzene rings is 2. The van der Waals surface area contributed by atoms with Crippen LogP contribution in [-0.2, 0) is 0 Å². The van der Waals surface area contributed by atoms with Crippen LogP contribution in [0.2, 0.25) is 0 Å². The van der Waals surface area contributed by atoms with Crippen LogP contribution in [0.3, 0.4) is 0 Å². The Morgan fingerprint density at radius 1 is 1.04 bits per heavy atom. The molecule has 23 heavy (non-hydrogen) atoms. The van der Waals surface area contributed by atoms with E-state index >= 15 is 0 Å². The predicted octanol–water partition coefficient (Wildman–Crippen LogP) is 4.60. The normalized spacial score (nSPS) is 10.4. The summed E-state index contributed by atoms with van der Waals surface area (Å²) in [5.74, 6) is 0.842. The highest BCUT2D eigenvalue weighted by molar-refractivity contribution is 5.80. The van der Waals surface area contributed by atoms with E-state index in [2.05, 4.69) is 16.6 Å². The Morgan fingerprint density at radius 3 is 2.74 bits per heavy atom. The highest BCUT2D eigenvalue weighted by Gasteiger charge is 1.96. The van der Waals surface area contributed by atoms with Crippen molar-refractivity contribution in [2.24, 2.45) is 5.10 Å². The number of hydrazone groups is 1. The van der Waals surface area contributed by atoms with E-state index in [0.717, 1.165) is 36.3 Å². The van der Waals surface area contributed by atoms with E-state index in [1.54, 1.807) is 6.21 Å². The third-order valence-corrected chi connectivity index (χ3v) is 3.24. The number of hydrogen-bond donors (Lipinski definition) is 1. The highest BCUT2D eigenvalue weighted by atomic mass is 16.5. The SMILES string of the molecule is N#CCCCCCOc1cccc(C=NNc2ccccc2)c1. The highest BCUT2D eigenvalue weighted by Crippen LogP contribution is 2.13. The molecular formula is C19H21N3O. The fourth-order valence-corrected chi connectivity index (χ4v) is 2.05. The maximum atomic E-state index is 8.48. The molecule has 2 aromatic rings. The predicted molar refractivity (Wildman–Crippen MR) is 93.7 cm³/mol. The molecule has 118 valence electrons. The third kappa shape index (κ3) is 6.66. The van der Waals surface area contributed by atoms with Gasteiger partial charge in [-0.15, -0.1) is 0 Å². The van der Waals surface area contributed by atoms with E-state index in [9.17, 15) is 0 Å². The summed E-state index contributed by atoms with van der Waals surface area (Å²) in [7, 11) is 0. The second-order valence-corrected chi connectivity index (χ2v) is 5.13. The van der Waals surface area contributed by atoms with Crippen molar-refractivity contribution in [3.63, 3.8) is 0 Å². The van der Waals surface area contributed by atoms with Crippen molar-refractivity contribution in [3.8, 4) is 11.8 Å². The van der Waals surface area contributed by atoms with Gasteiger partial charge in [0.1, 0.15) is 5.75 Å². The fourth-order valence-electron chi connectivity index (χ4n) is 2.05. The van der Waals surface area contributed by atoms with Crippen molar-refractivity contribution in [2.75, 3.05) is 12.0 Å². The zero-order valence-electron chi connectivity index (χ0n) is 13.1. The number of nitrogens with one attached hydrogen (secondary N) is 1. The molecular weight excluding hydrogens is 286 g/mol. The van der Waals surface area contributed by atoms with E-state index in [-0.39, 0.29) is 0 Å². The number of para-hydroxylation sites is 1. The summed E-state index contributed by atoms with van der Waals surface area (Å²) in [6.45, 7) is 0.675. The van der Waals surface area contributed by atoms with Gasteiger partial charge in [-0.1, -0.05) is 30.3 Å². The summed E-state index contributed by atoms with van der Waals surface area (Å²) in [4.78, 5) is 0. The van der Waals surface area contributed by atoms with Crippen molar-refractivity contribution in [3.05, 3.63) is 60.2 Å². The lowest BCUT2D eigenvalue weighted by atomic mass is 10.2. The fraction of sp³-hybridized carbons (Fsp3) is 0.263. The zero-order valence-corrected chi connectivity index (χ0v) is 13.1. The number of unbranched alkanes of at least 4 members (excludes halogenated alkanes) is 3. The van der Waals surface area contributed by atoms with Crippen molar-refractivity contribution >= 4 is 11.9 Å². The van der Waals surface area contributed by atoms with Crippen LogP contribution in [0.5, 0.6) is 5.75 Å². The van der Waals surface area contributed by atoms with Crippen molar-refractivity contribution < 1.29 is 4.74 Å². The summed E-state index contributed by atoms with van der Waals surface area (Å²) in [6, 6.07) is 19.8. The van der Waals surface area contributed by atoms with Crippen LogP contribution in [0, 0.1) is 11.3 Å². The van der Waals surface area contributed by atoms with E-state index in [1.165, 1.54) is 0 Å².